The van der Waals surface area contributed by atoms with Crippen molar-refractivity contribution in [1.29, 1.82) is 0 Å². The predicted octanol–water partition coefficient (Wildman–Crippen LogP) is 3.89. The van der Waals surface area contributed by atoms with Crippen LogP contribution in [0.1, 0.15) is 19.5 Å². The Balaban J connectivity index is 1.82. The van der Waals surface area contributed by atoms with Crippen LogP contribution in [0, 0.1) is 5.82 Å². The van der Waals surface area contributed by atoms with E-state index >= 15 is 0 Å². The van der Waals surface area contributed by atoms with Gasteiger partial charge in [-0.2, -0.15) is 0 Å². The Morgan fingerprint density at radius 2 is 2.06 bits per heavy atom. The number of hydrogen-bond donors (Lipinski definition) is 4. The van der Waals surface area contributed by atoms with Crippen LogP contribution in [-0.2, 0) is 6.42 Å². The van der Waals surface area contributed by atoms with Gasteiger partial charge in [-0.3, -0.25) is 15.3 Å². The van der Waals surface area contributed by atoms with E-state index in [9.17, 15) is 14.3 Å². The van der Waals surface area contributed by atoms with Gasteiger partial charge in [0.05, 0.1) is 11.6 Å². The summed E-state index contributed by atoms with van der Waals surface area (Å²) in [4.78, 5) is 28.1. The van der Waals surface area contributed by atoms with E-state index in [1.54, 1.807) is 19.2 Å². The van der Waals surface area contributed by atoms with Gasteiger partial charge in [0.1, 0.15) is 17.0 Å². The molecular weight excluding hydrogens is 411 g/mol. The average Bonchev–Trinajstić information content (AvgIpc) is 3.16. The monoisotopic (exact) mass is 434 g/mol. The Hall–Kier alpha value is -3.85. The molecule has 0 fully saturated rings. The summed E-state index contributed by atoms with van der Waals surface area (Å²) in [7, 11) is 0. The van der Waals surface area contributed by atoms with Crippen molar-refractivity contribution >= 4 is 23.0 Å². The number of carbonyl (C=O) groups excluding carboxylic acids is 1. The standard InChI is InChI=1S/C23H23FN6O2/c1-3-25-23(32)30-22-28-19-11-15(14-6-7-16(27-12-14)9-13(2)31)10-17(21(19)29-22)20-18(24)5-4-8-26-20/h4-8,10-13,31H,3,9H2,1-2H3,(H3,25,28,29,30,32). The molecule has 0 bridgehead atoms. The second kappa shape index (κ2) is 9.11. The fourth-order valence-electron chi connectivity index (χ4n) is 3.44. The fraction of sp³-hybridized carbons (Fsp3) is 0.217. The molecule has 0 aliphatic rings. The van der Waals surface area contributed by atoms with Crippen LogP contribution in [0.25, 0.3) is 33.4 Å². The van der Waals surface area contributed by atoms with E-state index in [-0.39, 0.29) is 11.6 Å². The van der Waals surface area contributed by atoms with Crippen LogP contribution in [0.5, 0.6) is 0 Å². The molecule has 0 aliphatic heterocycles. The maximum absolute atomic E-state index is 14.6. The minimum absolute atomic E-state index is 0.161. The number of pyridine rings is 2. The highest BCUT2D eigenvalue weighted by Crippen LogP contribution is 2.34. The summed E-state index contributed by atoms with van der Waals surface area (Å²) < 4.78 is 14.6. The minimum Gasteiger partial charge on any atom is -0.393 e. The molecule has 9 heteroatoms. The fourth-order valence-corrected chi connectivity index (χ4v) is 3.44. The Kier molecular flexibility index (Phi) is 6.09. The number of halogens is 1. The quantitative estimate of drug-likeness (QED) is 0.367. The maximum atomic E-state index is 14.6. The molecule has 0 aliphatic carbocycles. The minimum atomic E-state index is -0.482. The highest BCUT2D eigenvalue weighted by atomic mass is 19.1. The lowest BCUT2D eigenvalue weighted by atomic mass is 10.00. The molecular formula is C23H23FN6O2. The number of amides is 2. The third-order valence-corrected chi connectivity index (χ3v) is 4.83. The van der Waals surface area contributed by atoms with Crippen molar-refractivity contribution in [2.45, 2.75) is 26.4 Å². The van der Waals surface area contributed by atoms with Crippen LogP contribution in [-0.4, -0.2) is 43.7 Å². The molecule has 32 heavy (non-hydrogen) atoms. The van der Waals surface area contributed by atoms with Crippen LogP contribution in [0.2, 0.25) is 0 Å². The van der Waals surface area contributed by atoms with E-state index in [0.717, 1.165) is 16.8 Å². The van der Waals surface area contributed by atoms with Crippen molar-refractivity contribution in [2.75, 3.05) is 11.9 Å². The number of nitrogens with zero attached hydrogens (tertiary/aromatic N) is 3. The molecule has 4 N–H and O–H groups in total. The molecule has 1 aromatic carbocycles. The third kappa shape index (κ3) is 4.57. The molecule has 4 rings (SSSR count). The number of hydrogen-bond acceptors (Lipinski definition) is 5. The number of carbonyl (C=O) groups is 1. The molecule has 0 saturated carbocycles. The van der Waals surface area contributed by atoms with E-state index in [2.05, 4.69) is 30.6 Å². The van der Waals surface area contributed by atoms with Gasteiger partial charge in [-0.1, -0.05) is 6.07 Å². The molecule has 0 spiro atoms. The zero-order valence-corrected chi connectivity index (χ0v) is 17.7. The molecule has 0 radical (unpaired) electrons. The lowest BCUT2D eigenvalue weighted by molar-refractivity contribution is 0.194. The average molecular weight is 434 g/mol. The van der Waals surface area contributed by atoms with E-state index in [0.29, 0.717) is 29.6 Å². The van der Waals surface area contributed by atoms with Crippen molar-refractivity contribution in [3.8, 4) is 22.4 Å². The van der Waals surface area contributed by atoms with Gasteiger partial charge in [0.15, 0.2) is 0 Å². The Morgan fingerprint density at radius 1 is 1.22 bits per heavy atom. The maximum Gasteiger partial charge on any atom is 0.321 e. The normalized spacial score (nSPS) is 12.0. The van der Waals surface area contributed by atoms with Crippen LogP contribution in [0.3, 0.4) is 0 Å². The molecule has 1 unspecified atom stereocenters. The van der Waals surface area contributed by atoms with Gasteiger partial charge >= 0.3 is 6.03 Å². The smallest absolute Gasteiger partial charge is 0.321 e. The summed E-state index contributed by atoms with van der Waals surface area (Å²) in [5.41, 5.74) is 4.11. The number of rotatable bonds is 6. The summed E-state index contributed by atoms with van der Waals surface area (Å²) in [6, 6.07) is 9.88. The number of aliphatic hydroxyl groups is 1. The molecule has 8 nitrogen and oxygen atoms in total. The number of H-pyrrole nitrogens is 1. The number of aromatic amines is 1. The van der Waals surface area contributed by atoms with Gasteiger partial charge in [0.2, 0.25) is 5.95 Å². The molecule has 164 valence electrons. The molecule has 3 aromatic heterocycles. The van der Waals surface area contributed by atoms with Crippen LogP contribution in [0.4, 0.5) is 15.1 Å². The predicted molar refractivity (Wildman–Crippen MR) is 121 cm³/mol. The summed E-state index contributed by atoms with van der Waals surface area (Å²) in [6.07, 6.45) is 3.20. The second-order valence-corrected chi connectivity index (χ2v) is 7.42. The van der Waals surface area contributed by atoms with E-state index in [4.69, 9.17) is 0 Å². The number of fused-ring (bicyclic) bond motifs is 1. The molecule has 3 heterocycles. The van der Waals surface area contributed by atoms with Crippen LogP contribution >= 0.6 is 0 Å². The van der Waals surface area contributed by atoms with Crippen LogP contribution < -0.4 is 10.6 Å². The second-order valence-electron chi connectivity index (χ2n) is 7.42. The molecule has 2 amide bonds. The topological polar surface area (TPSA) is 116 Å². The number of aliphatic hydroxyl groups excluding tert-OH is 1. The number of imidazole rings is 1. The van der Waals surface area contributed by atoms with Crippen molar-refractivity contribution in [2.24, 2.45) is 0 Å². The van der Waals surface area contributed by atoms with E-state index < -0.39 is 18.0 Å². The lowest BCUT2D eigenvalue weighted by Gasteiger charge is -2.09. The first kappa shape index (κ1) is 21.4. The number of urea groups is 1. The number of nitrogens with one attached hydrogen (secondary N) is 3. The number of benzene rings is 1. The van der Waals surface area contributed by atoms with Gasteiger partial charge in [0, 0.05) is 42.2 Å². The van der Waals surface area contributed by atoms with E-state index in [1.807, 2.05) is 25.1 Å². The van der Waals surface area contributed by atoms with Crippen LogP contribution in [0.15, 0.2) is 48.8 Å². The third-order valence-electron chi connectivity index (χ3n) is 4.83. The van der Waals surface area contributed by atoms with Gasteiger partial charge < -0.3 is 15.4 Å². The van der Waals surface area contributed by atoms with Gasteiger partial charge in [-0.05, 0) is 49.7 Å². The van der Waals surface area contributed by atoms with Gasteiger partial charge in [0.25, 0.3) is 0 Å². The van der Waals surface area contributed by atoms with Gasteiger partial charge in [-0.25, -0.2) is 14.2 Å². The summed E-state index contributed by atoms with van der Waals surface area (Å²) in [6.45, 7) is 3.99. The number of anilines is 1. The van der Waals surface area contributed by atoms with E-state index in [1.165, 1.54) is 18.3 Å². The summed E-state index contributed by atoms with van der Waals surface area (Å²) in [5, 5.41) is 14.9. The van der Waals surface area contributed by atoms with Crippen molar-refractivity contribution in [1.82, 2.24) is 25.3 Å². The summed E-state index contributed by atoms with van der Waals surface area (Å²) >= 11 is 0. The largest absolute Gasteiger partial charge is 0.393 e. The van der Waals surface area contributed by atoms with Crippen molar-refractivity contribution in [3.05, 3.63) is 60.3 Å². The van der Waals surface area contributed by atoms with Crippen molar-refractivity contribution in [3.63, 3.8) is 0 Å². The highest BCUT2D eigenvalue weighted by Gasteiger charge is 2.17. The highest BCUT2D eigenvalue weighted by molar-refractivity contribution is 5.98. The zero-order chi connectivity index (χ0) is 22.7. The van der Waals surface area contributed by atoms with Crippen molar-refractivity contribution < 1.29 is 14.3 Å². The Morgan fingerprint density at radius 3 is 2.75 bits per heavy atom. The molecule has 0 saturated heterocycles. The zero-order valence-electron chi connectivity index (χ0n) is 17.7. The molecule has 4 aromatic rings. The first-order valence-electron chi connectivity index (χ1n) is 10.3. The lowest BCUT2D eigenvalue weighted by Crippen LogP contribution is -2.28. The molecule has 1 atom stereocenters. The summed E-state index contributed by atoms with van der Waals surface area (Å²) in [5.74, 6) is -0.233. The number of aromatic nitrogens is 4. The SMILES string of the molecule is CCNC(=O)Nc1nc2c(-c3ncccc3F)cc(-c3ccc(CC(C)O)nc3)cc2[nH]1. The Labute approximate surface area is 184 Å². The Bertz CT molecular complexity index is 1250. The first-order valence-corrected chi connectivity index (χ1v) is 10.3. The first-order chi connectivity index (χ1) is 15.4. The van der Waals surface area contributed by atoms with Gasteiger partial charge in [-0.15, -0.1) is 0 Å².